The van der Waals surface area contributed by atoms with Crippen molar-refractivity contribution in [1.82, 2.24) is 0 Å². The number of hydrogen-bond donors (Lipinski definition) is 1. The normalized spacial score (nSPS) is 36.0. The largest absolute Gasteiger partial charge is 0.480 e. The Hall–Kier alpha value is -0.900. The first-order chi connectivity index (χ1) is 7.68. The molecule has 0 aromatic heterocycles. The topological polar surface area (TPSA) is 63.6 Å². The number of Topliss-reactive ketones (excluding diaryl/α,β-unsaturated/α-hetero) is 1. The van der Waals surface area contributed by atoms with E-state index in [0.29, 0.717) is 26.1 Å². The molecule has 2 aliphatic rings. The van der Waals surface area contributed by atoms with Crippen molar-refractivity contribution in [3.05, 3.63) is 0 Å². The van der Waals surface area contributed by atoms with Crippen molar-refractivity contribution >= 4 is 11.8 Å². The van der Waals surface area contributed by atoms with Crippen LogP contribution in [0.5, 0.6) is 0 Å². The van der Waals surface area contributed by atoms with Gasteiger partial charge in [-0.25, -0.2) is 0 Å². The predicted molar refractivity (Wildman–Crippen MR) is 57.1 cm³/mol. The van der Waals surface area contributed by atoms with Crippen LogP contribution in [0.15, 0.2) is 0 Å². The number of carboxylic acid groups (broad SMARTS) is 1. The average Bonchev–Trinajstić information content (AvgIpc) is 2.30. The van der Waals surface area contributed by atoms with Crippen molar-refractivity contribution in [3.8, 4) is 0 Å². The molecule has 4 nitrogen and oxygen atoms in total. The van der Waals surface area contributed by atoms with Crippen molar-refractivity contribution in [3.63, 3.8) is 0 Å². The van der Waals surface area contributed by atoms with Gasteiger partial charge >= 0.3 is 5.97 Å². The maximum absolute atomic E-state index is 12.0. The molecule has 1 aliphatic carbocycles. The number of ketones is 1. The van der Waals surface area contributed by atoms with E-state index in [9.17, 15) is 14.7 Å². The Morgan fingerprint density at radius 1 is 1.38 bits per heavy atom. The molecule has 1 saturated heterocycles. The third-order valence-corrected chi connectivity index (χ3v) is 3.96. The van der Waals surface area contributed by atoms with Gasteiger partial charge in [0.2, 0.25) is 0 Å². The second-order valence-electron chi connectivity index (χ2n) is 4.82. The van der Waals surface area contributed by atoms with Gasteiger partial charge in [0, 0.05) is 18.9 Å². The van der Waals surface area contributed by atoms with Gasteiger partial charge in [0.15, 0.2) is 5.78 Å². The molecule has 1 heterocycles. The van der Waals surface area contributed by atoms with E-state index in [1.165, 1.54) is 0 Å². The number of hydrogen-bond acceptors (Lipinski definition) is 3. The maximum atomic E-state index is 12.0. The molecule has 1 saturated carbocycles. The second-order valence-corrected chi connectivity index (χ2v) is 4.82. The molecule has 4 heteroatoms. The molecule has 2 unspecified atom stereocenters. The summed E-state index contributed by atoms with van der Waals surface area (Å²) in [4.78, 5) is 23.5. The number of rotatable bonds is 2. The van der Waals surface area contributed by atoms with Crippen molar-refractivity contribution in [2.45, 2.75) is 38.5 Å². The lowest BCUT2D eigenvalue weighted by Gasteiger charge is -2.40. The number of carbonyl (C=O) groups is 2. The van der Waals surface area contributed by atoms with Crippen molar-refractivity contribution in [2.24, 2.45) is 11.3 Å². The molecule has 90 valence electrons. The third-order valence-electron chi connectivity index (χ3n) is 3.96. The fourth-order valence-electron chi connectivity index (χ4n) is 3.01. The SMILES string of the molecule is O=C(O)C1(C2CCCOC2)CCCCC1=O. The molecule has 1 N–H and O–H groups in total. The quantitative estimate of drug-likeness (QED) is 0.727. The molecule has 2 fully saturated rings. The standard InChI is InChI=1S/C12H18O4/c13-10-5-1-2-6-12(10,11(14)15)9-4-3-7-16-8-9/h9H,1-8H2,(H,14,15). The Morgan fingerprint density at radius 2 is 2.19 bits per heavy atom. The van der Waals surface area contributed by atoms with Crippen molar-refractivity contribution in [2.75, 3.05) is 13.2 Å². The highest BCUT2D eigenvalue weighted by Gasteiger charge is 2.52. The van der Waals surface area contributed by atoms with Crippen LogP contribution < -0.4 is 0 Å². The minimum Gasteiger partial charge on any atom is -0.480 e. The molecule has 2 atom stereocenters. The highest BCUT2D eigenvalue weighted by molar-refractivity contribution is 6.03. The molecule has 0 bridgehead atoms. The van der Waals surface area contributed by atoms with Gasteiger partial charge in [-0.2, -0.15) is 0 Å². The summed E-state index contributed by atoms with van der Waals surface area (Å²) < 4.78 is 5.34. The first-order valence-corrected chi connectivity index (χ1v) is 6.02. The fourth-order valence-corrected chi connectivity index (χ4v) is 3.01. The maximum Gasteiger partial charge on any atom is 0.317 e. The predicted octanol–water partition coefficient (Wildman–Crippen LogP) is 1.63. The van der Waals surface area contributed by atoms with Gasteiger partial charge in [0.1, 0.15) is 5.41 Å². The Bertz CT molecular complexity index is 293. The molecule has 0 radical (unpaired) electrons. The van der Waals surface area contributed by atoms with Gasteiger partial charge in [-0.3, -0.25) is 9.59 Å². The molecule has 16 heavy (non-hydrogen) atoms. The zero-order valence-corrected chi connectivity index (χ0v) is 9.41. The van der Waals surface area contributed by atoms with Crippen molar-refractivity contribution in [1.29, 1.82) is 0 Å². The summed E-state index contributed by atoms with van der Waals surface area (Å²) in [7, 11) is 0. The second kappa shape index (κ2) is 4.53. The van der Waals surface area contributed by atoms with E-state index < -0.39 is 11.4 Å². The molecular formula is C12H18O4. The summed E-state index contributed by atoms with van der Waals surface area (Å²) in [5, 5.41) is 9.44. The fraction of sp³-hybridized carbons (Fsp3) is 0.833. The van der Waals surface area contributed by atoms with E-state index in [1.54, 1.807) is 0 Å². The molecule has 0 amide bonds. The van der Waals surface area contributed by atoms with Crippen LogP contribution in [0, 0.1) is 11.3 Å². The van der Waals surface area contributed by atoms with Crippen molar-refractivity contribution < 1.29 is 19.4 Å². The van der Waals surface area contributed by atoms with Crippen LogP contribution in [0.2, 0.25) is 0 Å². The molecule has 0 spiro atoms. The van der Waals surface area contributed by atoms with Gasteiger partial charge in [0.25, 0.3) is 0 Å². The Balaban J connectivity index is 2.25. The Kier molecular flexibility index (Phi) is 3.28. The van der Waals surface area contributed by atoms with Gasteiger partial charge in [-0.05, 0) is 25.7 Å². The molecule has 0 aromatic rings. The highest BCUT2D eigenvalue weighted by Crippen LogP contribution is 2.43. The Labute approximate surface area is 95.0 Å². The number of carbonyl (C=O) groups excluding carboxylic acids is 1. The molecule has 0 aromatic carbocycles. The average molecular weight is 226 g/mol. The first kappa shape index (κ1) is 11.6. The van der Waals surface area contributed by atoms with E-state index in [0.717, 1.165) is 25.7 Å². The summed E-state index contributed by atoms with van der Waals surface area (Å²) >= 11 is 0. The van der Waals surface area contributed by atoms with E-state index in [2.05, 4.69) is 0 Å². The third kappa shape index (κ3) is 1.75. The van der Waals surface area contributed by atoms with E-state index >= 15 is 0 Å². The highest BCUT2D eigenvalue weighted by atomic mass is 16.5. The number of aliphatic carboxylic acids is 1. The zero-order chi connectivity index (χ0) is 11.6. The van der Waals surface area contributed by atoms with Crippen LogP contribution in [0.1, 0.15) is 38.5 Å². The monoisotopic (exact) mass is 226 g/mol. The van der Waals surface area contributed by atoms with Gasteiger partial charge in [0.05, 0.1) is 6.61 Å². The van der Waals surface area contributed by atoms with Crippen LogP contribution in [-0.2, 0) is 14.3 Å². The van der Waals surface area contributed by atoms with Crippen LogP contribution in [0.25, 0.3) is 0 Å². The summed E-state index contributed by atoms with van der Waals surface area (Å²) in [6.07, 6.45) is 4.26. The minimum atomic E-state index is -1.14. The minimum absolute atomic E-state index is 0.0817. The summed E-state index contributed by atoms with van der Waals surface area (Å²) in [6.45, 7) is 1.12. The van der Waals surface area contributed by atoms with E-state index in [-0.39, 0.29) is 11.7 Å². The summed E-state index contributed by atoms with van der Waals surface area (Å²) in [6, 6.07) is 0. The molecule has 1 aliphatic heterocycles. The van der Waals surface area contributed by atoms with Gasteiger partial charge in [-0.15, -0.1) is 0 Å². The van der Waals surface area contributed by atoms with E-state index in [1.807, 2.05) is 0 Å². The van der Waals surface area contributed by atoms with Gasteiger partial charge in [-0.1, -0.05) is 6.42 Å². The lowest BCUT2D eigenvalue weighted by molar-refractivity contribution is -0.166. The zero-order valence-electron chi connectivity index (χ0n) is 9.41. The lowest BCUT2D eigenvalue weighted by Crippen LogP contribution is -2.50. The van der Waals surface area contributed by atoms with Crippen LogP contribution >= 0.6 is 0 Å². The van der Waals surface area contributed by atoms with Crippen LogP contribution in [0.4, 0.5) is 0 Å². The molecule has 2 rings (SSSR count). The smallest absolute Gasteiger partial charge is 0.317 e. The lowest BCUT2D eigenvalue weighted by atomic mass is 9.63. The summed E-state index contributed by atoms with van der Waals surface area (Å²) in [5.41, 5.74) is -1.14. The first-order valence-electron chi connectivity index (χ1n) is 6.02. The van der Waals surface area contributed by atoms with Crippen LogP contribution in [0.3, 0.4) is 0 Å². The van der Waals surface area contributed by atoms with Gasteiger partial charge < -0.3 is 9.84 Å². The van der Waals surface area contributed by atoms with Crippen LogP contribution in [-0.4, -0.2) is 30.1 Å². The van der Waals surface area contributed by atoms with E-state index in [4.69, 9.17) is 4.74 Å². The number of carboxylic acids is 1. The Morgan fingerprint density at radius 3 is 2.75 bits per heavy atom. The number of ether oxygens (including phenoxy) is 1. The molecular weight excluding hydrogens is 208 g/mol. The summed E-state index contributed by atoms with van der Waals surface area (Å²) in [5.74, 6) is -1.14.